The molecule has 1 aliphatic heterocycles. The van der Waals surface area contributed by atoms with Crippen LogP contribution in [0.2, 0.25) is 0 Å². The second-order valence-electron chi connectivity index (χ2n) is 7.44. The highest BCUT2D eigenvalue weighted by Gasteiger charge is 2.22. The summed E-state index contributed by atoms with van der Waals surface area (Å²) in [4.78, 5) is 24.9. The lowest BCUT2D eigenvalue weighted by atomic mass is 10.0. The lowest BCUT2D eigenvalue weighted by Gasteiger charge is -2.13. The highest BCUT2D eigenvalue weighted by Crippen LogP contribution is 2.38. The zero-order valence-corrected chi connectivity index (χ0v) is 17.4. The maximum Gasteiger partial charge on any atom is 0.224 e. The average molecular weight is 395 g/mol. The van der Waals surface area contributed by atoms with Crippen LogP contribution in [0, 0.1) is 0 Å². The molecule has 0 spiro atoms. The predicted molar refractivity (Wildman–Crippen MR) is 114 cm³/mol. The van der Waals surface area contributed by atoms with Crippen molar-refractivity contribution in [3.8, 4) is 11.5 Å². The fraction of sp³-hybridized carbons (Fsp3) is 0.417. The number of fused-ring (bicyclic) bond motifs is 1. The van der Waals surface area contributed by atoms with Crippen LogP contribution in [-0.4, -0.2) is 24.4 Å². The minimum Gasteiger partial charge on any atom is -0.492 e. The highest BCUT2D eigenvalue weighted by atomic mass is 16.5. The van der Waals surface area contributed by atoms with Crippen LogP contribution in [-0.2, 0) is 17.6 Å². The molecule has 0 radical (unpaired) electrons. The van der Waals surface area contributed by atoms with Crippen molar-refractivity contribution in [2.45, 2.75) is 59.0 Å². The van der Waals surface area contributed by atoms with Gasteiger partial charge in [-0.25, -0.2) is 0 Å². The van der Waals surface area contributed by atoms with E-state index >= 15 is 0 Å². The second-order valence-corrected chi connectivity index (χ2v) is 7.44. The number of anilines is 1. The normalized spacial score (nSPS) is 14.8. The maximum absolute atomic E-state index is 12.4. The Hall–Kier alpha value is -2.82. The molecular weight excluding hydrogens is 366 g/mol. The predicted octanol–water partition coefficient (Wildman–Crippen LogP) is 4.96. The van der Waals surface area contributed by atoms with Gasteiger partial charge in [-0.1, -0.05) is 37.6 Å². The Morgan fingerprint density at radius 2 is 1.90 bits per heavy atom. The summed E-state index contributed by atoms with van der Waals surface area (Å²) >= 11 is 0. The number of carbonyl (C=O) groups excluding carboxylic acids is 2. The van der Waals surface area contributed by atoms with Crippen LogP contribution >= 0.6 is 0 Å². The molecule has 29 heavy (non-hydrogen) atoms. The minimum atomic E-state index is -0.215. The number of amides is 1. The Kier molecular flexibility index (Phi) is 6.91. The van der Waals surface area contributed by atoms with Crippen LogP contribution in [0.3, 0.4) is 0 Å². The summed E-state index contributed by atoms with van der Waals surface area (Å²) in [5.74, 6) is 1.17. The van der Waals surface area contributed by atoms with Gasteiger partial charge in [-0.15, -0.1) is 0 Å². The van der Waals surface area contributed by atoms with Gasteiger partial charge < -0.3 is 14.8 Å². The summed E-state index contributed by atoms with van der Waals surface area (Å²) in [6.45, 7) is 6.55. The van der Waals surface area contributed by atoms with E-state index in [4.69, 9.17) is 9.47 Å². The van der Waals surface area contributed by atoms with Gasteiger partial charge in [0.25, 0.3) is 0 Å². The molecule has 0 bridgehead atoms. The lowest BCUT2D eigenvalue weighted by molar-refractivity contribution is -0.116. The third-order valence-electron chi connectivity index (χ3n) is 4.97. The van der Waals surface area contributed by atoms with Gasteiger partial charge in [-0.3, -0.25) is 9.59 Å². The van der Waals surface area contributed by atoms with E-state index in [1.807, 2.05) is 50.2 Å². The third kappa shape index (κ3) is 5.37. The van der Waals surface area contributed by atoms with E-state index in [1.54, 1.807) is 0 Å². The first-order valence-electron chi connectivity index (χ1n) is 10.4. The van der Waals surface area contributed by atoms with Crippen molar-refractivity contribution >= 4 is 17.4 Å². The Morgan fingerprint density at radius 1 is 1.14 bits per heavy atom. The molecule has 0 aromatic heterocycles. The van der Waals surface area contributed by atoms with Gasteiger partial charge in [0, 0.05) is 36.5 Å². The number of carbonyl (C=O) groups is 2. The zero-order valence-electron chi connectivity index (χ0n) is 17.4. The van der Waals surface area contributed by atoms with Gasteiger partial charge >= 0.3 is 0 Å². The highest BCUT2D eigenvalue weighted by molar-refractivity contribution is 6.00. The summed E-state index contributed by atoms with van der Waals surface area (Å²) in [5.41, 5.74) is 3.53. The number of Topliss-reactive ketones (excluding diaryl/α,β-unsaturated/α-hetero) is 1. The molecule has 1 heterocycles. The molecule has 2 aromatic rings. The van der Waals surface area contributed by atoms with E-state index in [2.05, 4.69) is 12.2 Å². The van der Waals surface area contributed by atoms with Crippen molar-refractivity contribution in [1.82, 2.24) is 0 Å². The quantitative estimate of drug-likeness (QED) is 0.609. The van der Waals surface area contributed by atoms with Crippen molar-refractivity contribution in [3.63, 3.8) is 0 Å². The molecule has 5 nitrogen and oxygen atoms in total. The largest absolute Gasteiger partial charge is 0.492 e. The first-order chi connectivity index (χ1) is 14.0. The Labute approximate surface area is 172 Å². The van der Waals surface area contributed by atoms with E-state index in [1.165, 1.54) is 5.56 Å². The van der Waals surface area contributed by atoms with Crippen LogP contribution in [0.1, 0.15) is 61.5 Å². The van der Waals surface area contributed by atoms with Crippen LogP contribution in [0.5, 0.6) is 11.5 Å². The first kappa shape index (κ1) is 20.9. The minimum absolute atomic E-state index is 0.0284. The molecule has 0 saturated carbocycles. The molecular formula is C24H29NO4. The average Bonchev–Trinajstić information content (AvgIpc) is 3.06. The van der Waals surface area contributed by atoms with Crippen LogP contribution < -0.4 is 14.8 Å². The van der Waals surface area contributed by atoms with E-state index in [9.17, 15) is 9.59 Å². The summed E-state index contributed by atoms with van der Waals surface area (Å²) in [5, 5.41) is 2.88. The molecule has 1 unspecified atom stereocenters. The van der Waals surface area contributed by atoms with Crippen molar-refractivity contribution in [2.75, 3.05) is 11.9 Å². The first-order valence-corrected chi connectivity index (χ1v) is 10.4. The van der Waals surface area contributed by atoms with E-state index < -0.39 is 0 Å². The second kappa shape index (κ2) is 9.59. The van der Waals surface area contributed by atoms with Crippen LogP contribution in [0.25, 0.3) is 0 Å². The topological polar surface area (TPSA) is 64.6 Å². The number of ketones is 1. The number of hydrogen-bond donors (Lipinski definition) is 1. The molecule has 2 aromatic carbocycles. The number of benzene rings is 2. The summed E-state index contributed by atoms with van der Waals surface area (Å²) in [7, 11) is 0. The van der Waals surface area contributed by atoms with Gasteiger partial charge in [0.15, 0.2) is 5.78 Å². The van der Waals surface area contributed by atoms with Gasteiger partial charge in [-0.2, -0.15) is 0 Å². The van der Waals surface area contributed by atoms with Crippen molar-refractivity contribution in [1.29, 1.82) is 0 Å². The molecule has 1 aliphatic rings. The molecule has 3 rings (SSSR count). The molecule has 0 saturated heterocycles. The Bertz CT molecular complexity index is 873. The molecule has 1 atom stereocenters. The van der Waals surface area contributed by atoms with Crippen LogP contribution in [0.4, 0.5) is 5.69 Å². The number of nitrogens with one attached hydrogen (secondary N) is 1. The van der Waals surface area contributed by atoms with Gasteiger partial charge in [0.05, 0.1) is 12.3 Å². The van der Waals surface area contributed by atoms with Crippen molar-refractivity contribution < 1.29 is 19.1 Å². The summed E-state index contributed by atoms with van der Waals surface area (Å²) in [6.07, 6.45) is 3.31. The van der Waals surface area contributed by atoms with Crippen molar-refractivity contribution in [3.05, 3.63) is 53.1 Å². The Morgan fingerprint density at radius 3 is 2.59 bits per heavy atom. The number of rotatable bonds is 9. The summed E-state index contributed by atoms with van der Waals surface area (Å²) in [6, 6.07) is 11.4. The van der Waals surface area contributed by atoms with E-state index in [0.717, 1.165) is 30.6 Å². The Balaban J connectivity index is 1.60. The SMILES string of the molecule is CCCc1ccc(C(=O)CCC(=O)Nc2cc3c(cc2OCC)CC(C)O3)cc1. The standard InChI is InChI=1S/C24H29NO4/c1-4-6-17-7-9-18(10-8-17)21(26)11-12-24(27)25-20-15-22-19(13-16(3)29-22)14-23(20)28-5-2/h7-10,14-16H,4-6,11-13H2,1-3H3,(H,25,27). The van der Waals surface area contributed by atoms with Gasteiger partial charge in [0.1, 0.15) is 17.6 Å². The summed E-state index contributed by atoms with van der Waals surface area (Å²) < 4.78 is 11.5. The monoisotopic (exact) mass is 395 g/mol. The molecule has 0 aliphatic carbocycles. The van der Waals surface area contributed by atoms with Crippen LogP contribution in [0.15, 0.2) is 36.4 Å². The number of ether oxygens (including phenoxy) is 2. The molecule has 1 N–H and O–H groups in total. The zero-order chi connectivity index (χ0) is 20.8. The molecule has 1 amide bonds. The van der Waals surface area contributed by atoms with Crippen molar-refractivity contribution in [2.24, 2.45) is 0 Å². The number of hydrogen-bond acceptors (Lipinski definition) is 4. The lowest BCUT2D eigenvalue weighted by Crippen LogP contribution is -2.14. The maximum atomic E-state index is 12.4. The van der Waals surface area contributed by atoms with E-state index in [0.29, 0.717) is 23.6 Å². The molecule has 0 fully saturated rings. The fourth-order valence-electron chi connectivity index (χ4n) is 3.54. The number of aryl methyl sites for hydroxylation is 1. The van der Waals surface area contributed by atoms with Gasteiger partial charge in [-0.05, 0) is 31.9 Å². The fourth-order valence-corrected chi connectivity index (χ4v) is 3.54. The van der Waals surface area contributed by atoms with E-state index in [-0.39, 0.29) is 30.6 Å². The smallest absolute Gasteiger partial charge is 0.224 e. The molecule has 154 valence electrons. The van der Waals surface area contributed by atoms with Gasteiger partial charge in [0.2, 0.25) is 5.91 Å². The molecule has 5 heteroatoms. The third-order valence-corrected chi connectivity index (χ3v) is 4.97.